The highest BCUT2D eigenvalue weighted by atomic mass is 79.9. The first kappa shape index (κ1) is 28.1. The Kier molecular flexibility index (Phi) is 8.53. The van der Waals surface area contributed by atoms with Gasteiger partial charge in [0.15, 0.2) is 4.80 Å². The van der Waals surface area contributed by atoms with Crippen molar-refractivity contribution in [2.75, 3.05) is 20.3 Å². The van der Waals surface area contributed by atoms with Crippen LogP contribution in [-0.4, -0.2) is 30.9 Å². The average molecular weight is 630 g/mol. The first-order chi connectivity index (χ1) is 19.9. The maximum atomic E-state index is 14.0. The van der Waals surface area contributed by atoms with Crippen LogP contribution in [0.25, 0.3) is 11.8 Å². The fraction of sp³-hybridized carbons (Fsp3) is 0.156. The highest BCUT2D eigenvalue weighted by molar-refractivity contribution is 9.10. The number of hydrogen-bond acceptors (Lipinski definition) is 7. The largest absolute Gasteiger partial charge is 0.497 e. The molecule has 1 aliphatic heterocycles. The molecule has 1 atom stereocenters. The van der Waals surface area contributed by atoms with Gasteiger partial charge < -0.3 is 14.2 Å². The maximum Gasteiger partial charge on any atom is 0.338 e. The molecule has 0 amide bonds. The molecule has 0 radical (unpaired) electrons. The number of hydrogen-bond donors (Lipinski definition) is 0. The Morgan fingerprint density at radius 3 is 2.56 bits per heavy atom. The van der Waals surface area contributed by atoms with E-state index in [1.54, 1.807) is 42.9 Å². The fourth-order valence-electron chi connectivity index (χ4n) is 4.54. The summed E-state index contributed by atoms with van der Waals surface area (Å²) in [6, 6.07) is 21.5. The van der Waals surface area contributed by atoms with Gasteiger partial charge in [0.25, 0.3) is 5.56 Å². The molecule has 0 unspecified atom stereocenters. The summed E-state index contributed by atoms with van der Waals surface area (Å²) in [4.78, 5) is 32.9. The average Bonchev–Trinajstić information content (AvgIpc) is 3.30. The molecule has 0 saturated heterocycles. The first-order valence-corrected chi connectivity index (χ1v) is 14.3. The van der Waals surface area contributed by atoms with Crippen LogP contribution in [0.15, 0.2) is 92.6 Å². The van der Waals surface area contributed by atoms with Crippen LogP contribution in [0.2, 0.25) is 0 Å². The molecule has 0 aliphatic carbocycles. The molecule has 5 rings (SSSR count). The van der Waals surface area contributed by atoms with Crippen molar-refractivity contribution in [2.24, 2.45) is 4.99 Å². The van der Waals surface area contributed by atoms with E-state index in [0.29, 0.717) is 36.6 Å². The van der Waals surface area contributed by atoms with Crippen molar-refractivity contribution in [1.82, 2.24) is 4.57 Å². The predicted octanol–water partition coefficient (Wildman–Crippen LogP) is 4.72. The summed E-state index contributed by atoms with van der Waals surface area (Å²) >= 11 is 4.77. The molecule has 1 aromatic heterocycles. The van der Waals surface area contributed by atoms with E-state index in [9.17, 15) is 9.59 Å². The van der Waals surface area contributed by atoms with Crippen LogP contribution < -0.4 is 24.4 Å². The van der Waals surface area contributed by atoms with Crippen LogP contribution in [0.4, 0.5) is 0 Å². The van der Waals surface area contributed by atoms with Crippen molar-refractivity contribution >= 4 is 45.0 Å². The third-order valence-electron chi connectivity index (χ3n) is 6.37. The Bertz CT molecular complexity index is 1850. The van der Waals surface area contributed by atoms with Gasteiger partial charge in [0.1, 0.15) is 18.1 Å². The van der Waals surface area contributed by atoms with Gasteiger partial charge in [-0.3, -0.25) is 9.36 Å². The smallest absolute Gasteiger partial charge is 0.338 e. The topological polar surface area (TPSA) is 79.1 Å². The number of halogens is 1. The standard InChI is InChI=1S/C32H25BrN2O5S/c1-4-17-40-25-16-11-20(18-24(25)33)19-26-30(36)35-29(22-12-14-23(38-3)15-13-22)27(31(37)39-5-2)28(34-32(35)41-26)21-9-7-6-8-10-21/h1,6-16,18-19,29H,5,17H2,2-3H3/b26-19-/t29-/m0/s1. The van der Waals surface area contributed by atoms with E-state index in [1.165, 1.54) is 11.3 Å². The van der Waals surface area contributed by atoms with E-state index in [0.717, 1.165) is 16.7 Å². The van der Waals surface area contributed by atoms with Crippen molar-refractivity contribution in [3.63, 3.8) is 0 Å². The summed E-state index contributed by atoms with van der Waals surface area (Å²) in [6.45, 7) is 2.08. The number of carbonyl (C=O) groups excluding carboxylic acids is 1. The van der Waals surface area contributed by atoms with Crippen molar-refractivity contribution in [2.45, 2.75) is 13.0 Å². The van der Waals surface area contributed by atoms with Crippen LogP contribution in [0.3, 0.4) is 0 Å². The molecule has 0 saturated carbocycles. The van der Waals surface area contributed by atoms with Gasteiger partial charge in [-0.2, -0.15) is 0 Å². The van der Waals surface area contributed by atoms with E-state index in [1.807, 2.05) is 54.6 Å². The molecule has 3 aromatic carbocycles. The first-order valence-electron chi connectivity index (χ1n) is 12.7. The molecule has 7 nitrogen and oxygen atoms in total. The molecule has 2 heterocycles. The van der Waals surface area contributed by atoms with Crippen LogP contribution >= 0.6 is 27.3 Å². The van der Waals surface area contributed by atoms with Gasteiger partial charge >= 0.3 is 5.97 Å². The lowest BCUT2D eigenvalue weighted by Gasteiger charge is -2.26. The van der Waals surface area contributed by atoms with Crippen LogP contribution in [-0.2, 0) is 9.53 Å². The Labute approximate surface area is 249 Å². The van der Waals surface area contributed by atoms with Crippen LogP contribution in [0.1, 0.15) is 29.7 Å². The maximum absolute atomic E-state index is 14.0. The quantitative estimate of drug-likeness (QED) is 0.208. The SMILES string of the molecule is C#CCOc1ccc(/C=c2\sc3n(c2=O)[C@@H](c2ccc(OC)cc2)C(C(=O)OCC)=C(c2ccccc2)N=3)cc1Br. The third kappa shape index (κ3) is 5.75. The van der Waals surface area contributed by atoms with Gasteiger partial charge in [0.2, 0.25) is 0 Å². The number of thiazole rings is 1. The molecular weight excluding hydrogens is 604 g/mol. The fourth-order valence-corrected chi connectivity index (χ4v) is 6.05. The van der Waals surface area contributed by atoms with E-state index >= 15 is 0 Å². The number of carbonyl (C=O) groups is 1. The van der Waals surface area contributed by atoms with Gasteiger partial charge in [0, 0.05) is 5.56 Å². The lowest BCUT2D eigenvalue weighted by atomic mass is 9.93. The second-order valence-electron chi connectivity index (χ2n) is 8.89. The van der Waals surface area contributed by atoms with Crippen LogP contribution in [0.5, 0.6) is 11.5 Å². The van der Waals surface area contributed by atoms with Gasteiger partial charge in [-0.25, -0.2) is 9.79 Å². The normalized spacial score (nSPS) is 14.6. The second-order valence-corrected chi connectivity index (χ2v) is 10.8. The molecule has 206 valence electrons. The van der Waals surface area contributed by atoms with Gasteiger partial charge in [-0.05, 0) is 64.3 Å². The molecule has 41 heavy (non-hydrogen) atoms. The van der Waals surface area contributed by atoms with Crippen molar-refractivity contribution in [3.05, 3.63) is 119 Å². The third-order valence-corrected chi connectivity index (χ3v) is 7.97. The number of esters is 1. The zero-order valence-electron chi connectivity index (χ0n) is 22.3. The monoisotopic (exact) mass is 628 g/mol. The van der Waals surface area contributed by atoms with Crippen molar-refractivity contribution in [3.8, 4) is 23.8 Å². The minimum absolute atomic E-state index is 0.147. The van der Waals surface area contributed by atoms with E-state index in [2.05, 4.69) is 21.9 Å². The van der Waals surface area contributed by atoms with Crippen molar-refractivity contribution < 1.29 is 19.0 Å². The van der Waals surface area contributed by atoms with E-state index < -0.39 is 12.0 Å². The Hall–Kier alpha value is -4.39. The number of aromatic nitrogens is 1. The van der Waals surface area contributed by atoms with Gasteiger partial charge in [-0.15, -0.1) is 6.42 Å². The Morgan fingerprint density at radius 1 is 1.15 bits per heavy atom. The molecule has 9 heteroatoms. The zero-order chi connectivity index (χ0) is 28.9. The molecule has 0 bridgehead atoms. The molecule has 0 N–H and O–H groups in total. The van der Waals surface area contributed by atoms with E-state index in [-0.39, 0.29) is 18.8 Å². The second kappa shape index (κ2) is 12.4. The molecule has 0 spiro atoms. The molecule has 1 aliphatic rings. The Morgan fingerprint density at radius 2 is 1.90 bits per heavy atom. The summed E-state index contributed by atoms with van der Waals surface area (Å²) in [7, 11) is 1.58. The molecular formula is C32H25BrN2O5S. The zero-order valence-corrected chi connectivity index (χ0v) is 24.7. The minimum atomic E-state index is -0.764. The van der Waals surface area contributed by atoms with Gasteiger partial charge in [-0.1, -0.05) is 65.8 Å². The number of rotatable bonds is 8. The summed E-state index contributed by atoms with van der Waals surface area (Å²) in [5.74, 6) is 3.18. The molecule has 0 fully saturated rings. The predicted molar refractivity (Wildman–Crippen MR) is 163 cm³/mol. The number of fused-ring (bicyclic) bond motifs is 1. The minimum Gasteiger partial charge on any atom is -0.497 e. The number of methoxy groups -OCH3 is 1. The lowest BCUT2D eigenvalue weighted by Crippen LogP contribution is -2.40. The lowest BCUT2D eigenvalue weighted by molar-refractivity contribution is -0.138. The number of nitrogens with zero attached hydrogens (tertiary/aromatic N) is 2. The van der Waals surface area contributed by atoms with Gasteiger partial charge in [0.05, 0.1) is 40.0 Å². The summed E-state index contributed by atoms with van der Waals surface area (Å²) in [6.07, 6.45) is 7.10. The van der Waals surface area contributed by atoms with Crippen molar-refractivity contribution in [1.29, 1.82) is 0 Å². The van der Waals surface area contributed by atoms with E-state index in [4.69, 9.17) is 25.6 Å². The summed E-state index contributed by atoms with van der Waals surface area (Å²) in [5, 5.41) is 0. The highest BCUT2D eigenvalue weighted by Crippen LogP contribution is 2.35. The highest BCUT2D eigenvalue weighted by Gasteiger charge is 2.35. The Balaban J connectivity index is 1.74. The summed E-state index contributed by atoms with van der Waals surface area (Å²) in [5.41, 5.74) is 2.74. The number of terminal acetylenes is 1. The summed E-state index contributed by atoms with van der Waals surface area (Å²) < 4.78 is 19.1. The van der Waals surface area contributed by atoms with Crippen LogP contribution in [0, 0.1) is 12.3 Å². The number of benzene rings is 3. The number of ether oxygens (including phenoxy) is 3. The molecule has 4 aromatic rings.